The molecule has 0 aromatic heterocycles. The molecule has 0 amide bonds. The van der Waals surface area contributed by atoms with Gasteiger partial charge >= 0.3 is 39.1 Å². The second-order valence-electron chi connectivity index (χ2n) is 1.51. The van der Waals surface area contributed by atoms with Crippen LogP contribution in [0.4, 0.5) is 0 Å². The van der Waals surface area contributed by atoms with Crippen LogP contribution in [0.25, 0.3) is 0 Å². The first-order valence-corrected chi connectivity index (χ1v) is 5.19. The Hall–Kier alpha value is 0.886. The first-order chi connectivity index (χ1) is 4.13. The summed E-state index contributed by atoms with van der Waals surface area (Å²) in [6, 6.07) is 0. The molecule has 0 heterocycles. The Kier molecular flexibility index (Phi) is 10.8. The summed E-state index contributed by atoms with van der Waals surface area (Å²) in [7, 11) is -4.24. The van der Waals surface area contributed by atoms with Gasteiger partial charge in [0.05, 0.1) is 0 Å². The van der Waals surface area contributed by atoms with Crippen LogP contribution in [0.3, 0.4) is 0 Å². The van der Waals surface area contributed by atoms with Crippen LogP contribution in [-0.4, -0.2) is 45.2 Å². The fraction of sp³-hybridized carbons (Fsp3) is 1.00. The molecule has 0 aliphatic rings. The standard InChI is InChI=1S/C3H6O4P2.Mg.2H/c4-8(5)2-1-3-9(6)7;;;/h1-3H2;;;/q;+2;2*-1/p+2. The minimum absolute atomic E-state index is 0. The van der Waals surface area contributed by atoms with Crippen molar-refractivity contribution in [1.82, 2.24) is 0 Å². The maximum absolute atomic E-state index is 9.95. The fourth-order valence-electron chi connectivity index (χ4n) is 0.341. The van der Waals surface area contributed by atoms with Gasteiger partial charge in [0.15, 0.2) is 12.3 Å². The molecule has 10 heavy (non-hydrogen) atoms. The van der Waals surface area contributed by atoms with Gasteiger partial charge in [-0.05, 0) is 9.13 Å². The Balaban J connectivity index is -0.000000107. The quantitative estimate of drug-likeness (QED) is 0.512. The maximum atomic E-state index is 9.95. The molecule has 0 aromatic rings. The molecule has 2 N–H and O–H groups in total. The Bertz CT molecular complexity index is 121. The van der Waals surface area contributed by atoms with Crippen LogP contribution in [0.5, 0.6) is 0 Å². The van der Waals surface area contributed by atoms with Crippen LogP contribution in [-0.2, 0) is 9.13 Å². The van der Waals surface area contributed by atoms with Gasteiger partial charge < -0.3 is 2.85 Å². The molecular formula is C3H10MgO4P2+2. The van der Waals surface area contributed by atoms with Gasteiger partial charge in [-0.25, -0.2) is 0 Å². The van der Waals surface area contributed by atoms with E-state index in [1.807, 2.05) is 0 Å². The van der Waals surface area contributed by atoms with E-state index >= 15 is 0 Å². The van der Waals surface area contributed by atoms with E-state index in [1.165, 1.54) is 0 Å². The predicted octanol–water partition coefficient (Wildman–Crippen LogP) is 0.690. The molecule has 0 aliphatic carbocycles. The average Bonchev–Trinajstić information content (AvgIpc) is 1.63. The van der Waals surface area contributed by atoms with Crippen LogP contribution in [0.15, 0.2) is 0 Å². The third-order valence-electron chi connectivity index (χ3n) is 0.699. The summed E-state index contributed by atoms with van der Waals surface area (Å²) in [6.07, 6.45) is 0.589. The van der Waals surface area contributed by atoms with Gasteiger partial charge in [-0.3, -0.25) is 0 Å². The zero-order valence-corrected chi connectivity index (χ0v) is 8.64. The SMILES string of the molecule is O=[P+](O)CCC[P+](=O)O.[H-].[H-].[Mg+2]. The fourth-order valence-corrected chi connectivity index (χ4v) is 1.45. The molecule has 0 rings (SSSR count). The van der Waals surface area contributed by atoms with Gasteiger partial charge in [-0.15, -0.1) is 0 Å². The Labute approximate surface area is 79.9 Å². The van der Waals surface area contributed by atoms with Crippen molar-refractivity contribution >= 4 is 39.1 Å². The van der Waals surface area contributed by atoms with Gasteiger partial charge in [-0.2, -0.15) is 9.79 Å². The van der Waals surface area contributed by atoms with Gasteiger partial charge in [-0.1, -0.05) is 0 Å². The van der Waals surface area contributed by atoms with Crippen molar-refractivity contribution in [2.45, 2.75) is 6.42 Å². The Morgan fingerprint density at radius 2 is 1.40 bits per heavy atom. The van der Waals surface area contributed by atoms with Crippen LogP contribution in [0, 0.1) is 0 Å². The number of hydrogen-bond donors (Lipinski definition) is 2. The molecule has 7 heteroatoms. The zero-order valence-electron chi connectivity index (χ0n) is 7.43. The molecule has 0 spiro atoms. The molecule has 0 aliphatic heterocycles. The predicted molar refractivity (Wildman–Crippen MR) is 42.0 cm³/mol. The molecule has 0 radical (unpaired) electrons. The van der Waals surface area contributed by atoms with Gasteiger partial charge in [0.1, 0.15) is 0 Å². The molecule has 0 bridgehead atoms. The third kappa shape index (κ3) is 11.7. The van der Waals surface area contributed by atoms with E-state index in [-0.39, 0.29) is 38.2 Å². The third-order valence-corrected chi connectivity index (χ3v) is 2.10. The van der Waals surface area contributed by atoms with E-state index in [4.69, 9.17) is 9.79 Å². The smallest absolute Gasteiger partial charge is 1.00 e. The summed E-state index contributed by atoms with van der Waals surface area (Å²) in [6.45, 7) is 0. The minimum Gasteiger partial charge on any atom is -1.00 e. The van der Waals surface area contributed by atoms with E-state index in [2.05, 4.69) is 0 Å². The maximum Gasteiger partial charge on any atom is 2.00 e. The van der Waals surface area contributed by atoms with Gasteiger partial charge in [0.25, 0.3) is 0 Å². The Morgan fingerprint density at radius 1 is 1.10 bits per heavy atom. The zero-order chi connectivity index (χ0) is 7.28. The van der Waals surface area contributed by atoms with Crippen molar-refractivity contribution in [3.8, 4) is 0 Å². The average molecular weight is 196 g/mol. The van der Waals surface area contributed by atoms with E-state index in [1.54, 1.807) is 0 Å². The van der Waals surface area contributed by atoms with Crippen LogP contribution in [0.1, 0.15) is 9.27 Å². The topological polar surface area (TPSA) is 74.6 Å². The summed E-state index contributed by atoms with van der Waals surface area (Å²) in [4.78, 5) is 16.4. The van der Waals surface area contributed by atoms with E-state index in [9.17, 15) is 9.13 Å². The van der Waals surface area contributed by atoms with E-state index < -0.39 is 16.1 Å². The first kappa shape index (κ1) is 13.5. The molecule has 2 unspecified atom stereocenters. The van der Waals surface area contributed by atoms with E-state index in [0.29, 0.717) is 6.42 Å². The first-order valence-electron chi connectivity index (χ1n) is 2.40. The molecule has 2 atom stereocenters. The monoisotopic (exact) mass is 196 g/mol. The number of rotatable bonds is 4. The molecule has 0 fully saturated rings. The van der Waals surface area contributed by atoms with Crippen molar-refractivity contribution in [1.29, 1.82) is 0 Å². The molecular weight excluding hydrogens is 186 g/mol. The molecule has 0 aromatic carbocycles. The van der Waals surface area contributed by atoms with Gasteiger partial charge in [0, 0.05) is 6.42 Å². The summed E-state index contributed by atoms with van der Waals surface area (Å²) < 4.78 is 19.9. The second-order valence-corrected chi connectivity index (χ2v) is 3.81. The largest absolute Gasteiger partial charge is 2.00 e. The Morgan fingerprint density at radius 3 is 1.60 bits per heavy atom. The van der Waals surface area contributed by atoms with Crippen molar-refractivity contribution in [3.05, 3.63) is 0 Å². The van der Waals surface area contributed by atoms with Crippen molar-refractivity contribution in [3.63, 3.8) is 0 Å². The van der Waals surface area contributed by atoms with Crippen LogP contribution >= 0.6 is 16.1 Å². The summed E-state index contributed by atoms with van der Waals surface area (Å²) in [5, 5.41) is 0. The minimum atomic E-state index is -2.12. The molecule has 4 nitrogen and oxygen atoms in total. The van der Waals surface area contributed by atoms with Crippen molar-refractivity contribution in [2.75, 3.05) is 12.3 Å². The normalized spacial score (nSPS) is 11.8. The van der Waals surface area contributed by atoms with Crippen LogP contribution in [0.2, 0.25) is 0 Å². The molecule has 0 saturated heterocycles. The van der Waals surface area contributed by atoms with Crippen LogP contribution < -0.4 is 0 Å². The summed E-state index contributed by atoms with van der Waals surface area (Å²) in [5.74, 6) is 0. The summed E-state index contributed by atoms with van der Waals surface area (Å²) >= 11 is 0. The van der Waals surface area contributed by atoms with E-state index in [0.717, 1.165) is 0 Å². The molecule has 0 saturated carbocycles. The summed E-state index contributed by atoms with van der Waals surface area (Å²) in [5.41, 5.74) is 0. The molecule has 56 valence electrons. The second kappa shape index (κ2) is 7.99. The van der Waals surface area contributed by atoms with Gasteiger partial charge in [0.2, 0.25) is 0 Å². The number of hydrogen-bond acceptors (Lipinski definition) is 2. The van der Waals surface area contributed by atoms with Crippen molar-refractivity contribution < 1.29 is 21.8 Å². The van der Waals surface area contributed by atoms with Crippen molar-refractivity contribution in [2.24, 2.45) is 0 Å².